The Morgan fingerprint density at radius 3 is 2.57 bits per heavy atom. The molecule has 0 radical (unpaired) electrons. The SMILES string of the molecule is CS(=O)(=O)OCC1(COC(=O)CCCCCN=[N+]=[N-])N=N1. The minimum Gasteiger partial charge on any atom is -0.461 e. The molecule has 0 N–H and O–H groups in total. The van der Waals surface area contributed by atoms with E-state index in [2.05, 4.69) is 24.4 Å². The molecule has 0 saturated heterocycles. The van der Waals surface area contributed by atoms with Gasteiger partial charge in [-0.05, 0) is 18.4 Å². The van der Waals surface area contributed by atoms with E-state index < -0.39 is 21.8 Å². The van der Waals surface area contributed by atoms with Gasteiger partial charge in [-0.1, -0.05) is 11.5 Å². The second-order valence-corrected chi connectivity index (χ2v) is 6.22. The second kappa shape index (κ2) is 7.91. The average molecular weight is 319 g/mol. The molecule has 1 aliphatic rings. The van der Waals surface area contributed by atoms with E-state index in [1.807, 2.05) is 0 Å². The van der Waals surface area contributed by atoms with Crippen LogP contribution in [0.3, 0.4) is 0 Å². The lowest BCUT2D eigenvalue weighted by Crippen LogP contribution is -2.28. The van der Waals surface area contributed by atoms with Crippen LogP contribution in [0.4, 0.5) is 0 Å². The van der Waals surface area contributed by atoms with E-state index >= 15 is 0 Å². The van der Waals surface area contributed by atoms with Gasteiger partial charge in [-0.25, -0.2) is 0 Å². The third kappa shape index (κ3) is 8.23. The smallest absolute Gasteiger partial charge is 0.305 e. The summed E-state index contributed by atoms with van der Waals surface area (Å²) in [4.78, 5) is 14.1. The fourth-order valence-electron chi connectivity index (χ4n) is 1.37. The number of hydrogen-bond acceptors (Lipinski definition) is 8. The molecule has 10 nitrogen and oxygen atoms in total. The number of unbranched alkanes of at least 4 members (excludes halogenated alkanes) is 2. The molecule has 0 bridgehead atoms. The van der Waals surface area contributed by atoms with Crippen molar-refractivity contribution in [1.29, 1.82) is 0 Å². The molecule has 0 amide bonds. The van der Waals surface area contributed by atoms with Crippen LogP contribution in [0.15, 0.2) is 15.3 Å². The summed E-state index contributed by atoms with van der Waals surface area (Å²) in [7, 11) is -3.58. The van der Waals surface area contributed by atoms with Crippen LogP contribution in [0.1, 0.15) is 25.7 Å². The van der Waals surface area contributed by atoms with Crippen LogP contribution in [-0.4, -0.2) is 46.1 Å². The number of esters is 1. The number of carbonyl (C=O) groups excluding carboxylic acids is 1. The summed E-state index contributed by atoms with van der Waals surface area (Å²) in [5.74, 6) is -0.408. The van der Waals surface area contributed by atoms with Crippen LogP contribution in [0, 0.1) is 0 Å². The zero-order chi connectivity index (χ0) is 15.8. The van der Waals surface area contributed by atoms with Crippen molar-refractivity contribution in [3.63, 3.8) is 0 Å². The predicted octanol–water partition coefficient (Wildman–Crippen LogP) is 1.54. The second-order valence-electron chi connectivity index (χ2n) is 4.57. The number of nitrogens with zero attached hydrogens (tertiary/aromatic N) is 5. The van der Waals surface area contributed by atoms with Gasteiger partial charge in [-0.2, -0.15) is 18.6 Å². The molecule has 0 spiro atoms. The first-order chi connectivity index (χ1) is 9.87. The molecule has 0 aromatic rings. The quantitative estimate of drug-likeness (QED) is 0.142. The maximum atomic E-state index is 11.5. The lowest BCUT2D eigenvalue weighted by Gasteiger charge is -2.10. The van der Waals surface area contributed by atoms with E-state index in [4.69, 9.17) is 10.3 Å². The van der Waals surface area contributed by atoms with Gasteiger partial charge < -0.3 is 4.74 Å². The van der Waals surface area contributed by atoms with Crippen LogP contribution in [0.25, 0.3) is 10.4 Å². The summed E-state index contributed by atoms with van der Waals surface area (Å²) in [6, 6.07) is 0. The normalized spacial score (nSPS) is 15.3. The molecule has 0 aromatic carbocycles. The monoisotopic (exact) mass is 319 g/mol. The van der Waals surface area contributed by atoms with Crippen molar-refractivity contribution in [2.24, 2.45) is 15.3 Å². The van der Waals surface area contributed by atoms with Crippen molar-refractivity contribution in [3.8, 4) is 0 Å². The van der Waals surface area contributed by atoms with Gasteiger partial charge in [0.2, 0.25) is 5.66 Å². The molecule has 0 unspecified atom stereocenters. The molecule has 0 atom stereocenters. The van der Waals surface area contributed by atoms with Crippen molar-refractivity contribution in [3.05, 3.63) is 10.4 Å². The van der Waals surface area contributed by atoms with E-state index in [0.717, 1.165) is 12.7 Å². The van der Waals surface area contributed by atoms with E-state index in [9.17, 15) is 13.2 Å². The Hall–Kier alpha value is -1.71. The standard InChI is InChI=1S/C10H17N5O5S/c1-21(17,18)20-8-10(13-14-10)7-19-9(16)5-3-2-4-6-12-15-11/h2-8H2,1H3. The number of ether oxygens (including phenoxy) is 1. The molecule has 0 saturated carbocycles. The Labute approximate surface area is 122 Å². The Balaban J connectivity index is 2.11. The third-order valence-electron chi connectivity index (χ3n) is 2.55. The largest absolute Gasteiger partial charge is 0.461 e. The highest BCUT2D eigenvalue weighted by atomic mass is 32.2. The van der Waals surface area contributed by atoms with Gasteiger partial charge in [0.15, 0.2) is 0 Å². The first kappa shape index (κ1) is 17.3. The molecule has 0 aromatic heterocycles. The van der Waals surface area contributed by atoms with Gasteiger partial charge in [-0.3, -0.25) is 8.98 Å². The Kier molecular flexibility index (Phi) is 6.53. The lowest BCUT2D eigenvalue weighted by atomic mass is 10.2. The van der Waals surface area contributed by atoms with Gasteiger partial charge in [-0.15, -0.1) is 0 Å². The van der Waals surface area contributed by atoms with Crippen LogP contribution < -0.4 is 0 Å². The summed E-state index contributed by atoms with van der Waals surface area (Å²) < 4.78 is 31.3. The predicted molar refractivity (Wildman–Crippen MR) is 71.8 cm³/mol. The van der Waals surface area contributed by atoms with Gasteiger partial charge in [0.1, 0.15) is 13.2 Å². The molecule has 1 rings (SSSR count). The maximum Gasteiger partial charge on any atom is 0.305 e. The highest BCUT2D eigenvalue weighted by Crippen LogP contribution is 2.29. The molecule has 0 fully saturated rings. The van der Waals surface area contributed by atoms with Gasteiger partial charge >= 0.3 is 5.97 Å². The molecule has 1 aliphatic heterocycles. The summed E-state index contributed by atoms with van der Waals surface area (Å²) in [6.45, 7) is 0.0284. The first-order valence-corrected chi connectivity index (χ1v) is 8.13. The maximum absolute atomic E-state index is 11.5. The number of azide groups is 1. The van der Waals surface area contributed by atoms with E-state index in [1.165, 1.54) is 0 Å². The van der Waals surface area contributed by atoms with Crippen LogP contribution in [0.2, 0.25) is 0 Å². The highest BCUT2D eigenvalue weighted by Gasteiger charge is 2.43. The van der Waals surface area contributed by atoms with Crippen molar-refractivity contribution in [2.45, 2.75) is 31.3 Å². The summed E-state index contributed by atoms with van der Waals surface area (Å²) in [5.41, 5.74) is 7.01. The van der Waals surface area contributed by atoms with Crippen LogP contribution in [0.5, 0.6) is 0 Å². The van der Waals surface area contributed by atoms with Gasteiger partial charge in [0.25, 0.3) is 10.1 Å². The summed E-state index contributed by atoms with van der Waals surface area (Å²) in [6.07, 6.45) is 3.25. The van der Waals surface area contributed by atoms with E-state index in [0.29, 0.717) is 19.4 Å². The zero-order valence-electron chi connectivity index (χ0n) is 11.6. The minimum atomic E-state index is -3.58. The van der Waals surface area contributed by atoms with Crippen LogP contribution >= 0.6 is 0 Å². The van der Waals surface area contributed by atoms with Crippen molar-refractivity contribution >= 4 is 16.1 Å². The molecule has 21 heavy (non-hydrogen) atoms. The molecule has 118 valence electrons. The molecule has 0 aliphatic carbocycles. The molecule has 11 heteroatoms. The fourth-order valence-corrected chi connectivity index (χ4v) is 1.77. The minimum absolute atomic E-state index is 0.125. The first-order valence-electron chi connectivity index (χ1n) is 6.32. The van der Waals surface area contributed by atoms with Crippen LogP contribution in [-0.2, 0) is 23.8 Å². The summed E-state index contributed by atoms with van der Waals surface area (Å²) in [5, 5.41) is 10.7. The third-order valence-corrected chi connectivity index (χ3v) is 3.10. The summed E-state index contributed by atoms with van der Waals surface area (Å²) >= 11 is 0. The topological polar surface area (TPSA) is 143 Å². The van der Waals surface area contributed by atoms with E-state index in [-0.39, 0.29) is 19.6 Å². The zero-order valence-corrected chi connectivity index (χ0v) is 12.5. The molecular formula is C10H17N5O5S. The fraction of sp³-hybridized carbons (Fsp3) is 0.900. The average Bonchev–Trinajstić information content (AvgIpc) is 3.18. The van der Waals surface area contributed by atoms with E-state index in [1.54, 1.807) is 0 Å². The molecule has 1 heterocycles. The van der Waals surface area contributed by atoms with Gasteiger partial charge in [0, 0.05) is 17.9 Å². The van der Waals surface area contributed by atoms with Crippen molar-refractivity contribution < 1.29 is 22.1 Å². The Morgan fingerprint density at radius 2 is 2.00 bits per heavy atom. The number of hydrogen-bond donors (Lipinski definition) is 0. The Morgan fingerprint density at radius 1 is 1.29 bits per heavy atom. The Bertz CT molecular complexity index is 534. The van der Waals surface area contributed by atoms with Crippen molar-refractivity contribution in [1.82, 2.24) is 0 Å². The molecular weight excluding hydrogens is 302 g/mol. The highest BCUT2D eigenvalue weighted by molar-refractivity contribution is 7.85. The lowest BCUT2D eigenvalue weighted by molar-refractivity contribution is -0.145. The van der Waals surface area contributed by atoms with Gasteiger partial charge in [0.05, 0.1) is 6.26 Å². The number of rotatable bonds is 11. The number of carbonyl (C=O) groups is 1. The van der Waals surface area contributed by atoms with Crippen molar-refractivity contribution in [2.75, 3.05) is 26.0 Å².